The van der Waals surface area contributed by atoms with E-state index in [4.69, 9.17) is 4.74 Å². The molecule has 5 heteroatoms. The van der Waals surface area contributed by atoms with E-state index in [-0.39, 0.29) is 17.8 Å². The van der Waals surface area contributed by atoms with Crippen LogP contribution in [0.3, 0.4) is 0 Å². The summed E-state index contributed by atoms with van der Waals surface area (Å²) in [7, 11) is 0. The van der Waals surface area contributed by atoms with Crippen LogP contribution in [0.25, 0.3) is 6.08 Å². The van der Waals surface area contributed by atoms with Crippen LogP contribution in [-0.4, -0.2) is 17.0 Å². The maximum absolute atomic E-state index is 11.9. The number of fused-ring (bicyclic) bond motifs is 1. The molecule has 0 saturated heterocycles. The van der Waals surface area contributed by atoms with Crippen LogP contribution in [-0.2, 0) is 11.2 Å². The SMILES string of the molecule is O=C1OC(C=Cc2ccc([N+](=O)[O-])cc2)Cc2ccccc21. The van der Waals surface area contributed by atoms with Gasteiger partial charge in [0.05, 0.1) is 10.5 Å². The van der Waals surface area contributed by atoms with Crippen molar-refractivity contribution in [2.24, 2.45) is 0 Å². The van der Waals surface area contributed by atoms with E-state index in [0.717, 1.165) is 11.1 Å². The van der Waals surface area contributed by atoms with Gasteiger partial charge in [-0.25, -0.2) is 4.79 Å². The van der Waals surface area contributed by atoms with Crippen molar-refractivity contribution in [3.63, 3.8) is 0 Å². The summed E-state index contributed by atoms with van der Waals surface area (Å²) in [6, 6.07) is 13.6. The number of carbonyl (C=O) groups excluding carboxylic acids is 1. The third kappa shape index (κ3) is 2.88. The van der Waals surface area contributed by atoms with E-state index < -0.39 is 4.92 Å². The minimum atomic E-state index is -0.437. The average Bonchev–Trinajstić information content (AvgIpc) is 2.53. The van der Waals surface area contributed by atoms with Gasteiger partial charge in [0.25, 0.3) is 5.69 Å². The molecule has 0 radical (unpaired) electrons. The molecule has 0 aliphatic carbocycles. The Bertz CT molecular complexity index is 750. The molecule has 110 valence electrons. The minimum absolute atomic E-state index is 0.0511. The Morgan fingerprint density at radius 3 is 2.59 bits per heavy atom. The highest BCUT2D eigenvalue weighted by molar-refractivity contribution is 5.92. The molecule has 3 rings (SSSR count). The third-order valence-electron chi connectivity index (χ3n) is 3.52. The Morgan fingerprint density at radius 2 is 1.86 bits per heavy atom. The zero-order chi connectivity index (χ0) is 15.5. The fraction of sp³-hybridized carbons (Fsp3) is 0.118. The molecule has 1 atom stereocenters. The summed E-state index contributed by atoms with van der Waals surface area (Å²) in [4.78, 5) is 22.1. The number of non-ortho nitro benzene ring substituents is 1. The lowest BCUT2D eigenvalue weighted by atomic mass is 9.98. The van der Waals surface area contributed by atoms with Gasteiger partial charge in [0, 0.05) is 18.6 Å². The van der Waals surface area contributed by atoms with Gasteiger partial charge >= 0.3 is 5.97 Å². The number of hydrogen-bond acceptors (Lipinski definition) is 4. The van der Waals surface area contributed by atoms with Gasteiger partial charge in [0.1, 0.15) is 6.10 Å². The average molecular weight is 295 g/mol. The number of ether oxygens (including phenoxy) is 1. The number of nitrogens with zero attached hydrogens (tertiary/aromatic N) is 1. The zero-order valence-electron chi connectivity index (χ0n) is 11.6. The highest BCUT2D eigenvalue weighted by Crippen LogP contribution is 2.22. The molecule has 0 amide bonds. The molecule has 22 heavy (non-hydrogen) atoms. The van der Waals surface area contributed by atoms with E-state index in [1.54, 1.807) is 30.4 Å². The Morgan fingerprint density at radius 1 is 1.14 bits per heavy atom. The normalized spacial score (nSPS) is 17.1. The van der Waals surface area contributed by atoms with Gasteiger partial charge in [0.2, 0.25) is 0 Å². The van der Waals surface area contributed by atoms with Gasteiger partial charge in [-0.1, -0.05) is 24.3 Å². The first kappa shape index (κ1) is 14.0. The summed E-state index contributed by atoms with van der Waals surface area (Å²) >= 11 is 0. The molecule has 2 aromatic rings. The molecule has 1 unspecified atom stereocenters. The Hall–Kier alpha value is -2.95. The molecule has 0 saturated carbocycles. The number of rotatable bonds is 3. The topological polar surface area (TPSA) is 69.4 Å². The molecular weight excluding hydrogens is 282 g/mol. The molecule has 2 aromatic carbocycles. The smallest absolute Gasteiger partial charge is 0.339 e. The van der Waals surface area contributed by atoms with Gasteiger partial charge in [-0.05, 0) is 35.4 Å². The Balaban J connectivity index is 1.74. The van der Waals surface area contributed by atoms with Gasteiger partial charge in [-0.2, -0.15) is 0 Å². The zero-order valence-corrected chi connectivity index (χ0v) is 11.6. The van der Waals surface area contributed by atoms with Gasteiger partial charge in [0.15, 0.2) is 0 Å². The summed E-state index contributed by atoms with van der Waals surface area (Å²) < 4.78 is 5.36. The van der Waals surface area contributed by atoms with E-state index >= 15 is 0 Å². The minimum Gasteiger partial charge on any atom is -0.454 e. The number of nitro benzene ring substituents is 1. The fourth-order valence-corrected chi connectivity index (χ4v) is 2.39. The summed E-state index contributed by atoms with van der Waals surface area (Å²) in [6.07, 6.45) is 3.91. The van der Waals surface area contributed by atoms with Crippen molar-refractivity contribution >= 4 is 17.7 Å². The van der Waals surface area contributed by atoms with Crippen molar-refractivity contribution in [2.45, 2.75) is 12.5 Å². The van der Waals surface area contributed by atoms with Gasteiger partial charge in [-0.15, -0.1) is 0 Å². The van der Waals surface area contributed by atoms with E-state index in [1.165, 1.54) is 12.1 Å². The quantitative estimate of drug-likeness (QED) is 0.494. The fourth-order valence-electron chi connectivity index (χ4n) is 2.39. The Labute approximate surface area is 127 Å². The standard InChI is InChI=1S/C17H13NO4/c19-17-16-4-2-1-3-13(16)11-15(22-17)10-7-12-5-8-14(9-6-12)18(20)21/h1-10,15H,11H2. The predicted molar refractivity (Wildman–Crippen MR) is 81.5 cm³/mol. The number of cyclic esters (lactones) is 1. The van der Waals surface area contributed by atoms with Crippen molar-refractivity contribution in [2.75, 3.05) is 0 Å². The van der Waals surface area contributed by atoms with Crippen molar-refractivity contribution in [1.29, 1.82) is 0 Å². The molecule has 0 bridgehead atoms. The summed E-state index contributed by atoms with van der Waals surface area (Å²) in [5.74, 6) is -0.319. The lowest BCUT2D eigenvalue weighted by molar-refractivity contribution is -0.384. The first-order valence-electron chi connectivity index (χ1n) is 6.85. The molecule has 1 heterocycles. The molecule has 0 fully saturated rings. The monoisotopic (exact) mass is 295 g/mol. The largest absolute Gasteiger partial charge is 0.454 e. The number of benzene rings is 2. The predicted octanol–water partition coefficient (Wildman–Crippen LogP) is 3.39. The number of esters is 1. The molecule has 5 nitrogen and oxygen atoms in total. The van der Waals surface area contributed by atoms with Crippen LogP contribution in [0.4, 0.5) is 5.69 Å². The van der Waals surface area contributed by atoms with Crippen molar-refractivity contribution < 1.29 is 14.5 Å². The van der Waals surface area contributed by atoms with Gasteiger partial charge < -0.3 is 4.74 Å². The van der Waals surface area contributed by atoms with Crippen LogP contribution in [0.2, 0.25) is 0 Å². The van der Waals surface area contributed by atoms with E-state index in [2.05, 4.69) is 0 Å². The number of carbonyl (C=O) groups is 1. The summed E-state index contributed by atoms with van der Waals surface area (Å²) in [6.45, 7) is 0. The number of nitro groups is 1. The van der Waals surface area contributed by atoms with E-state index in [1.807, 2.05) is 18.2 Å². The highest BCUT2D eigenvalue weighted by atomic mass is 16.6. The molecule has 1 aliphatic heterocycles. The Kier molecular flexibility index (Phi) is 3.70. The molecule has 0 spiro atoms. The lowest BCUT2D eigenvalue weighted by Crippen LogP contribution is -2.25. The summed E-state index contributed by atoms with van der Waals surface area (Å²) in [5, 5.41) is 10.6. The van der Waals surface area contributed by atoms with Crippen LogP contribution in [0, 0.1) is 10.1 Å². The summed E-state index contributed by atoms with van der Waals surface area (Å²) in [5.41, 5.74) is 2.45. The maximum Gasteiger partial charge on any atom is 0.339 e. The molecular formula is C17H13NO4. The van der Waals surface area contributed by atoms with Crippen LogP contribution >= 0.6 is 0 Å². The second-order valence-corrected chi connectivity index (χ2v) is 5.01. The van der Waals surface area contributed by atoms with Crippen molar-refractivity contribution in [1.82, 2.24) is 0 Å². The second kappa shape index (κ2) is 5.81. The first-order valence-corrected chi connectivity index (χ1v) is 6.85. The second-order valence-electron chi connectivity index (χ2n) is 5.01. The van der Waals surface area contributed by atoms with Crippen molar-refractivity contribution in [3.8, 4) is 0 Å². The molecule has 0 N–H and O–H groups in total. The van der Waals surface area contributed by atoms with Crippen molar-refractivity contribution in [3.05, 3.63) is 81.4 Å². The van der Waals surface area contributed by atoms with Gasteiger partial charge in [-0.3, -0.25) is 10.1 Å². The third-order valence-corrected chi connectivity index (χ3v) is 3.52. The number of hydrogen-bond donors (Lipinski definition) is 0. The van der Waals surface area contributed by atoms with Crippen LogP contribution in [0.5, 0.6) is 0 Å². The van der Waals surface area contributed by atoms with Crippen LogP contribution in [0.15, 0.2) is 54.6 Å². The lowest BCUT2D eigenvalue weighted by Gasteiger charge is -2.22. The van der Waals surface area contributed by atoms with E-state index in [9.17, 15) is 14.9 Å². The van der Waals surface area contributed by atoms with E-state index in [0.29, 0.717) is 12.0 Å². The highest BCUT2D eigenvalue weighted by Gasteiger charge is 2.23. The van der Waals surface area contributed by atoms with Crippen LogP contribution in [0.1, 0.15) is 21.5 Å². The first-order chi connectivity index (χ1) is 10.6. The van der Waals surface area contributed by atoms with Crippen LogP contribution < -0.4 is 0 Å². The molecule has 0 aromatic heterocycles. The maximum atomic E-state index is 11.9. The molecule has 1 aliphatic rings.